The molecule has 0 aliphatic rings. The summed E-state index contributed by atoms with van der Waals surface area (Å²) < 4.78 is 5.63. The van der Waals surface area contributed by atoms with Crippen molar-refractivity contribution in [2.24, 2.45) is 0 Å². The van der Waals surface area contributed by atoms with Crippen molar-refractivity contribution in [3.8, 4) is 5.75 Å². The number of hydrogen-bond acceptors (Lipinski definition) is 4. The van der Waals surface area contributed by atoms with E-state index in [-0.39, 0.29) is 6.10 Å². The van der Waals surface area contributed by atoms with Crippen LogP contribution in [0.25, 0.3) is 5.57 Å². The van der Waals surface area contributed by atoms with Crippen LogP contribution in [-0.2, 0) is 15.2 Å². The first kappa shape index (κ1) is 26.5. The molecule has 1 unspecified atom stereocenters. The topological polar surface area (TPSA) is 56.8 Å². The van der Waals surface area contributed by atoms with Gasteiger partial charge in [-0.3, -0.25) is 0 Å². The van der Waals surface area contributed by atoms with E-state index >= 15 is 0 Å². The van der Waals surface area contributed by atoms with Gasteiger partial charge in [0.1, 0.15) is 11.7 Å². The Kier molecular flexibility index (Phi) is 8.73. The number of hydrogen-bond donors (Lipinski definition) is 1. The normalized spacial score (nSPS) is 12.9. The Labute approximate surface area is 199 Å². The number of carbonyl (C=O) groups is 1. The SMILES string of the molecule is C=C(C)c1cccc(C(C)(C)NC(=O)OC(C)CC(C)(C)OOc2ccccc2C(C)C)c1. The lowest BCUT2D eigenvalue weighted by Crippen LogP contribution is -2.43. The highest BCUT2D eigenvalue weighted by Crippen LogP contribution is 2.29. The van der Waals surface area contributed by atoms with Crippen LogP contribution in [0.15, 0.2) is 55.1 Å². The lowest BCUT2D eigenvalue weighted by atomic mass is 9.92. The monoisotopic (exact) mass is 453 g/mol. The molecule has 1 atom stereocenters. The van der Waals surface area contributed by atoms with Crippen LogP contribution in [0, 0.1) is 0 Å². The minimum Gasteiger partial charge on any atom is -0.446 e. The van der Waals surface area contributed by atoms with E-state index in [1.807, 2.05) is 90.1 Å². The maximum Gasteiger partial charge on any atom is 0.408 e. The Morgan fingerprint density at radius 3 is 2.33 bits per heavy atom. The van der Waals surface area contributed by atoms with E-state index in [2.05, 4.69) is 25.7 Å². The molecule has 0 aromatic heterocycles. The first-order chi connectivity index (χ1) is 15.3. The van der Waals surface area contributed by atoms with E-state index in [9.17, 15) is 4.79 Å². The third-order valence-corrected chi connectivity index (χ3v) is 5.48. The molecule has 0 radical (unpaired) electrons. The highest BCUT2D eigenvalue weighted by atomic mass is 17.2. The number of amides is 1. The molecule has 5 nitrogen and oxygen atoms in total. The zero-order valence-corrected chi connectivity index (χ0v) is 21.3. The van der Waals surface area contributed by atoms with Crippen molar-refractivity contribution in [3.05, 3.63) is 71.8 Å². The lowest BCUT2D eigenvalue weighted by Gasteiger charge is -2.30. The number of carbonyl (C=O) groups excluding carboxylic acids is 1. The molecule has 33 heavy (non-hydrogen) atoms. The summed E-state index contributed by atoms with van der Waals surface area (Å²) in [5.41, 5.74) is 2.82. The zero-order valence-electron chi connectivity index (χ0n) is 21.3. The molecule has 1 amide bonds. The van der Waals surface area contributed by atoms with Crippen LogP contribution in [-0.4, -0.2) is 17.8 Å². The van der Waals surface area contributed by atoms with Crippen LogP contribution in [0.3, 0.4) is 0 Å². The van der Waals surface area contributed by atoms with Crippen LogP contribution in [0.2, 0.25) is 0 Å². The summed E-state index contributed by atoms with van der Waals surface area (Å²) in [6.07, 6.45) is -0.382. The van der Waals surface area contributed by atoms with Crippen molar-refractivity contribution in [2.45, 2.75) is 85.0 Å². The number of benzene rings is 2. The summed E-state index contributed by atoms with van der Waals surface area (Å²) >= 11 is 0. The molecule has 0 aliphatic heterocycles. The minimum absolute atomic E-state index is 0.318. The Morgan fingerprint density at radius 1 is 1.03 bits per heavy atom. The minimum atomic E-state index is -0.658. The van der Waals surface area contributed by atoms with Crippen molar-refractivity contribution in [2.75, 3.05) is 0 Å². The summed E-state index contributed by atoms with van der Waals surface area (Å²) in [7, 11) is 0. The number of alkyl carbamates (subject to hydrolysis) is 1. The molecular weight excluding hydrogens is 414 g/mol. The van der Waals surface area contributed by atoms with Gasteiger partial charge in [-0.15, -0.1) is 0 Å². The summed E-state index contributed by atoms with van der Waals surface area (Å²) in [4.78, 5) is 24.0. The summed E-state index contributed by atoms with van der Waals surface area (Å²) in [6, 6.07) is 15.8. The van der Waals surface area contributed by atoms with Gasteiger partial charge in [0.15, 0.2) is 5.75 Å². The second kappa shape index (κ2) is 10.9. The number of allylic oxidation sites excluding steroid dienone is 1. The standard InChI is InChI=1S/C28H39NO4/c1-19(2)22-13-12-14-23(17-22)28(8,9)29-26(30)31-21(5)18-27(6,7)33-32-25-16-11-10-15-24(25)20(3)4/h10-17,20-21H,1,18H2,2-9H3,(H,29,30). The lowest BCUT2D eigenvalue weighted by molar-refractivity contribution is -0.286. The molecule has 2 rings (SSSR count). The fraction of sp³-hybridized carbons (Fsp3) is 0.464. The van der Waals surface area contributed by atoms with Crippen molar-refractivity contribution in [1.29, 1.82) is 0 Å². The molecule has 0 fully saturated rings. The third-order valence-electron chi connectivity index (χ3n) is 5.48. The third kappa shape index (κ3) is 7.93. The van der Waals surface area contributed by atoms with Gasteiger partial charge in [-0.25, -0.2) is 4.79 Å². The molecule has 2 aromatic carbocycles. The predicted molar refractivity (Wildman–Crippen MR) is 134 cm³/mol. The highest BCUT2D eigenvalue weighted by Gasteiger charge is 2.29. The van der Waals surface area contributed by atoms with Crippen molar-refractivity contribution in [1.82, 2.24) is 5.32 Å². The second-order valence-corrected chi connectivity index (χ2v) is 10.2. The van der Waals surface area contributed by atoms with Gasteiger partial charge in [0.2, 0.25) is 0 Å². The maximum absolute atomic E-state index is 12.6. The fourth-order valence-electron chi connectivity index (χ4n) is 3.67. The molecule has 0 aliphatic carbocycles. The molecule has 0 saturated carbocycles. The molecule has 2 aromatic rings. The molecule has 0 saturated heterocycles. The van der Waals surface area contributed by atoms with Gasteiger partial charge in [-0.2, -0.15) is 4.89 Å². The number of para-hydroxylation sites is 1. The van der Waals surface area contributed by atoms with E-state index in [0.717, 1.165) is 22.3 Å². The van der Waals surface area contributed by atoms with Gasteiger partial charge in [0.05, 0.1) is 5.54 Å². The molecule has 180 valence electrons. The van der Waals surface area contributed by atoms with Crippen LogP contribution in [0.1, 0.15) is 84.4 Å². The molecule has 0 bridgehead atoms. The van der Waals surface area contributed by atoms with Gasteiger partial charge < -0.3 is 14.9 Å². The highest BCUT2D eigenvalue weighted by molar-refractivity contribution is 5.69. The van der Waals surface area contributed by atoms with Crippen molar-refractivity contribution >= 4 is 11.7 Å². The average Bonchev–Trinajstić information content (AvgIpc) is 2.71. The summed E-state index contributed by atoms with van der Waals surface area (Å²) in [6.45, 7) is 19.7. The molecule has 5 heteroatoms. The number of ether oxygens (including phenoxy) is 1. The van der Waals surface area contributed by atoms with E-state index in [0.29, 0.717) is 18.1 Å². The predicted octanol–water partition coefficient (Wildman–Crippen LogP) is 7.37. The second-order valence-electron chi connectivity index (χ2n) is 10.2. The van der Waals surface area contributed by atoms with Gasteiger partial charge in [0, 0.05) is 12.0 Å². The van der Waals surface area contributed by atoms with Crippen LogP contribution >= 0.6 is 0 Å². The Bertz CT molecular complexity index is 962. The number of rotatable bonds is 10. The first-order valence-corrected chi connectivity index (χ1v) is 11.5. The molecule has 0 heterocycles. The first-order valence-electron chi connectivity index (χ1n) is 11.5. The quantitative estimate of drug-likeness (QED) is 0.301. The smallest absolute Gasteiger partial charge is 0.408 e. The summed E-state index contributed by atoms with van der Waals surface area (Å²) in [5, 5.41) is 2.97. The van der Waals surface area contributed by atoms with Crippen LogP contribution in [0.5, 0.6) is 5.75 Å². The largest absolute Gasteiger partial charge is 0.446 e. The van der Waals surface area contributed by atoms with Gasteiger partial charge in [0.25, 0.3) is 0 Å². The fourth-order valence-corrected chi connectivity index (χ4v) is 3.67. The Balaban J connectivity index is 1.93. The molecule has 0 spiro atoms. The molecular formula is C28H39NO4. The number of nitrogens with one attached hydrogen (secondary N) is 1. The van der Waals surface area contributed by atoms with E-state index in [4.69, 9.17) is 14.5 Å². The van der Waals surface area contributed by atoms with E-state index in [1.165, 1.54) is 0 Å². The Morgan fingerprint density at radius 2 is 1.70 bits per heavy atom. The zero-order chi connectivity index (χ0) is 24.8. The van der Waals surface area contributed by atoms with Crippen LogP contribution in [0.4, 0.5) is 4.79 Å². The van der Waals surface area contributed by atoms with Gasteiger partial charge in [-0.05, 0) is 70.7 Å². The van der Waals surface area contributed by atoms with Crippen LogP contribution < -0.4 is 10.2 Å². The van der Waals surface area contributed by atoms with E-state index < -0.39 is 17.2 Å². The van der Waals surface area contributed by atoms with Crippen molar-refractivity contribution < 1.29 is 19.3 Å². The summed E-state index contributed by atoms with van der Waals surface area (Å²) in [5.74, 6) is 1.02. The van der Waals surface area contributed by atoms with Gasteiger partial charge in [-0.1, -0.05) is 62.4 Å². The molecule has 1 N–H and O–H groups in total. The maximum atomic E-state index is 12.6. The van der Waals surface area contributed by atoms with E-state index in [1.54, 1.807) is 0 Å². The average molecular weight is 454 g/mol. The Hall–Kier alpha value is -2.79. The van der Waals surface area contributed by atoms with Gasteiger partial charge >= 0.3 is 6.09 Å². The van der Waals surface area contributed by atoms with Crippen molar-refractivity contribution in [3.63, 3.8) is 0 Å².